The molecule has 2 aromatic heterocycles. The van der Waals surface area contributed by atoms with Crippen LogP contribution in [0, 0.1) is 0 Å². The van der Waals surface area contributed by atoms with E-state index in [1.807, 2.05) is 24.3 Å². The van der Waals surface area contributed by atoms with Gasteiger partial charge in [0, 0.05) is 25.0 Å². The fraction of sp³-hybridized carbons (Fsp3) is 0.350. The van der Waals surface area contributed by atoms with Crippen LogP contribution in [0.25, 0.3) is 10.9 Å². The van der Waals surface area contributed by atoms with Gasteiger partial charge < -0.3 is 14.5 Å². The molecule has 4 rings (SSSR count). The molecule has 1 saturated heterocycles. The summed E-state index contributed by atoms with van der Waals surface area (Å²) in [5.41, 5.74) is 1.42. The van der Waals surface area contributed by atoms with Crippen molar-refractivity contribution >= 4 is 16.6 Å². The Labute approximate surface area is 157 Å². The maximum atomic E-state index is 12.1. The number of hydrogen-bond acceptors (Lipinski definition) is 6. The topological polar surface area (TPSA) is 74.3 Å². The second kappa shape index (κ2) is 7.36. The number of H-pyrrole nitrogens is 1. The molecule has 1 N–H and O–H groups in total. The molecule has 3 heterocycles. The normalized spacial score (nSPS) is 15.8. The molecule has 0 saturated carbocycles. The van der Waals surface area contributed by atoms with E-state index in [1.54, 1.807) is 18.5 Å². The van der Waals surface area contributed by atoms with Gasteiger partial charge in [-0.05, 0) is 63.3 Å². The van der Waals surface area contributed by atoms with E-state index in [1.165, 1.54) is 12.8 Å². The first-order chi connectivity index (χ1) is 13.1. The second-order valence-electron chi connectivity index (χ2n) is 7.01. The lowest BCUT2D eigenvalue weighted by Gasteiger charge is -2.36. The Morgan fingerprint density at radius 1 is 1.19 bits per heavy atom. The van der Waals surface area contributed by atoms with E-state index in [-0.39, 0.29) is 11.6 Å². The van der Waals surface area contributed by atoms with Crippen molar-refractivity contribution in [1.82, 2.24) is 19.9 Å². The summed E-state index contributed by atoms with van der Waals surface area (Å²) in [6, 6.07) is 10.2. The highest BCUT2D eigenvalue weighted by molar-refractivity contribution is 5.76. The molecule has 1 fully saturated rings. The molecule has 0 bridgehead atoms. The zero-order valence-corrected chi connectivity index (χ0v) is 15.6. The molecule has 7 heteroatoms. The van der Waals surface area contributed by atoms with Crippen LogP contribution in [0.3, 0.4) is 0 Å². The Morgan fingerprint density at radius 2 is 1.93 bits per heavy atom. The summed E-state index contributed by atoms with van der Waals surface area (Å²) in [5.74, 6) is 0.627. The number of ether oxygens (including phenoxy) is 1. The van der Waals surface area contributed by atoms with Crippen molar-refractivity contribution in [2.75, 3.05) is 32.1 Å². The summed E-state index contributed by atoms with van der Waals surface area (Å²) < 4.78 is 5.74. The van der Waals surface area contributed by atoms with Crippen molar-refractivity contribution in [1.29, 1.82) is 0 Å². The third kappa shape index (κ3) is 3.78. The molecule has 1 aliphatic heterocycles. The number of fused-ring (bicyclic) bond motifs is 1. The fourth-order valence-corrected chi connectivity index (χ4v) is 3.47. The summed E-state index contributed by atoms with van der Waals surface area (Å²) in [4.78, 5) is 27.8. The van der Waals surface area contributed by atoms with Crippen molar-refractivity contribution in [3.8, 4) is 11.8 Å². The standard InChI is InChI=1S/C20H23N5O2/c1-24-11-8-15(9-12-24)25(2)14-3-5-16(6-4-14)27-20-22-18-13-21-10-7-17(18)19(26)23-20/h3-7,10,13,15H,8-9,11-12H2,1-2H3,(H,22,23,26). The smallest absolute Gasteiger partial charge is 0.302 e. The quantitative estimate of drug-likeness (QED) is 0.766. The summed E-state index contributed by atoms with van der Waals surface area (Å²) in [5, 5.41) is 0.493. The maximum absolute atomic E-state index is 12.1. The number of benzene rings is 1. The van der Waals surface area contributed by atoms with E-state index >= 15 is 0 Å². The molecule has 1 aliphatic rings. The summed E-state index contributed by atoms with van der Waals surface area (Å²) in [6.45, 7) is 2.26. The minimum atomic E-state index is -0.240. The number of hydrogen-bond donors (Lipinski definition) is 1. The third-order valence-electron chi connectivity index (χ3n) is 5.18. The summed E-state index contributed by atoms with van der Waals surface area (Å²) >= 11 is 0. The number of nitrogens with zero attached hydrogens (tertiary/aromatic N) is 4. The second-order valence-corrected chi connectivity index (χ2v) is 7.01. The lowest BCUT2D eigenvalue weighted by Crippen LogP contribution is -2.41. The number of rotatable bonds is 4. The molecule has 0 unspecified atom stereocenters. The Hall–Kier alpha value is -2.93. The average Bonchev–Trinajstić information content (AvgIpc) is 2.69. The number of aromatic amines is 1. The zero-order chi connectivity index (χ0) is 18.8. The molecule has 1 aromatic carbocycles. The highest BCUT2D eigenvalue weighted by atomic mass is 16.5. The number of anilines is 1. The van der Waals surface area contributed by atoms with E-state index in [4.69, 9.17) is 4.74 Å². The van der Waals surface area contributed by atoms with Gasteiger partial charge >= 0.3 is 6.01 Å². The summed E-state index contributed by atoms with van der Waals surface area (Å²) in [7, 11) is 4.31. The molecule has 0 amide bonds. The minimum Gasteiger partial charge on any atom is -0.426 e. The Balaban J connectivity index is 1.49. The highest BCUT2D eigenvalue weighted by Crippen LogP contribution is 2.25. The van der Waals surface area contributed by atoms with Gasteiger partial charge in [-0.2, -0.15) is 4.98 Å². The van der Waals surface area contributed by atoms with Crippen molar-refractivity contribution in [2.45, 2.75) is 18.9 Å². The molecule has 0 spiro atoms. The van der Waals surface area contributed by atoms with Crippen LogP contribution in [0.4, 0.5) is 5.69 Å². The zero-order valence-electron chi connectivity index (χ0n) is 15.6. The largest absolute Gasteiger partial charge is 0.426 e. The van der Waals surface area contributed by atoms with Crippen LogP contribution in [-0.4, -0.2) is 53.1 Å². The predicted octanol–water partition coefficient (Wildman–Crippen LogP) is 2.64. The molecule has 0 atom stereocenters. The maximum Gasteiger partial charge on any atom is 0.302 e. The van der Waals surface area contributed by atoms with Crippen molar-refractivity contribution < 1.29 is 4.74 Å². The SMILES string of the molecule is CN1CCC(N(C)c2ccc(Oc3nc4cnccc4c(=O)[nH]3)cc2)CC1. The van der Waals surface area contributed by atoms with Crippen LogP contribution in [0.1, 0.15) is 12.8 Å². The van der Waals surface area contributed by atoms with Crippen LogP contribution >= 0.6 is 0 Å². The van der Waals surface area contributed by atoms with Crippen molar-refractivity contribution in [2.24, 2.45) is 0 Å². The molecule has 0 radical (unpaired) electrons. The van der Waals surface area contributed by atoms with Crippen LogP contribution in [-0.2, 0) is 0 Å². The lowest BCUT2D eigenvalue weighted by molar-refractivity contribution is 0.253. The number of aromatic nitrogens is 3. The monoisotopic (exact) mass is 365 g/mol. The van der Waals surface area contributed by atoms with Gasteiger partial charge in [0.15, 0.2) is 0 Å². The molecule has 140 valence electrons. The van der Waals surface area contributed by atoms with Gasteiger partial charge in [0.25, 0.3) is 5.56 Å². The van der Waals surface area contributed by atoms with Gasteiger partial charge in [0.2, 0.25) is 0 Å². The Morgan fingerprint density at radius 3 is 2.67 bits per heavy atom. The van der Waals surface area contributed by atoms with Gasteiger partial charge in [0.1, 0.15) is 5.75 Å². The van der Waals surface area contributed by atoms with E-state index in [0.717, 1.165) is 18.8 Å². The van der Waals surface area contributed by atoms with Crippen LogP contribution in [0.5, 0.6) is 11.8 Å². The molecule has 27 heavy (non-hydrogen) atoms. The number of piperidine rings is 1. The average molecular weight is 365 g/mol. The van der Waals surface area contributed by atoms with Crippen LogP contribution in [0.2, 0.25) is 0 Å². The first kappa shape index (κ1) is 17.5. The van der Waals surface area contributed by atoms with Gasteiger partial charge in [0.05, 0.1) is 17.1 Å². The van der Waals surface area contributed by atoms with Gasteiger partial charge in [-0.25, -0.2) is 0 Å². The number of likely N-dealkylation sites (tertiary alicyclic amines) is 1. The molecular formula is C20H23N5O2. The summed E-state index contributed by atoms with van der Waals surface area (Å²) in [6.07, 6.45) is 5.46. The van der Waals surface area contributed by atoms with Gasteiger partial charge in [-0.3, -0.25) is 14.8 Å². The van der Waals surface area contributed by atoms with E-state index in [9.17, 15) is 4.79 Å². The lowest BCUT2D eigenvalue weighted by atomic mass is 10.0. The Kier molecular flexibility index (Phi) is 4.77. The molecule has 7 nitrogen and oxygen atoms in total. The first-order valence-corrected chi connectivity index (χ1v) is 9.13. The highest BCUT2D eigenvalue weighted by Gasteiger charge is 2.20. The number of nitrogens with one attached hydrogen (secondary N) is 1. The Bertz CT molecular complexity index is 978. The predicted molar refractivity (Wildman–Crippen MR) is 106 cm³/mol. The van der Waals surface area contributed by atoms with Gasteiger partial charge in [-0.1, -0.05) is 0 Å². The van der Waals surface area contributed by atoms with Crippen molar-refractivity contribution in [3.63, 3.8) is 0 Å². The molecular weight excluding hydrogens is 342 g/mol. The minimum absolute atomic E-state index is 0.164. The van der Waals surface area contributed by atoms with Gasteiger partial charge in [-0.15, -0.1) is 0 Å². The number of pyridine rings is 1. The van der Waals surface area contributed by atoms with Crippen molar-refractivity contribution in [3.05, 3.63) is 53.1 Å². The van der Waals surface area contributed by atoms with E-state index < -0.39 is 0 Å². The third-order valence-corrected chi connectivity index (χ3v) is 5.18. The molecule has 3 aromatic rings. The van der Waals surface area contributed by atoms with E-state index in [2.05, 4.69) is 38.8 Å². The van der Waals surface area contributed by atoms with Crippen LogP contribution in [0.15, 0.2) is 47.5 Å². The fourth-order valence-electron chi connectivity index (χ4n) is 3.47. The van der Waals surface area contributed by atoms with E-state index in [0.29, 0.717) is 22.7 Å². The molecule has 0 aliphatic carbocycles. The van der Waals surface area contributed by atoms with Crippen LogP contribution < -0.4 is 15.2 Å². The first-order valence-electron chi connectivity index (χ1n) is 9.13.